The third-order valence-electron chi connectivity index (χ3n) is 6.42. The molecule has 7 nitrogen and oxygen atoms in total. The third-order valence-corrected chi connectivity index (χ3v) is 8.41. The Labute approximate surface area is 202 Å². The van der Waals surface area contributed by atoms with Gasteiger partial charge in [0.2, 0.25) is 0 Å². The van der Waals surface area contributed by atoms with Crippen LogP contribution in [-0.2, 0) is 14.6 Å². The number of carboxylic acid groups (broad SMARTS) is 1. The molecule has 34 heavy (non-hydrogen) atoms. The van der Waals surface area contributed by atoms with Crippen molar-refractivity contribution >= 4 is 32.9 Å². The van der Waals surface area contributed by atoms with Crippen LogP contribution in [0, 0.1) is 5.41 Å². The fourth-order valence-corrected chi connectivity index (χ4v) is 6.66. The number of carbonyl (C=O) groups is 1. The molecule has 1 N–H and O–H groups in total. The first-order chi connectivity index (χ1) is 16.1. The van der Waals surface area contributed by atoms with E-state index in [1.54, 1.807) is 0 Å². The molecule has 0 aliphatic carbocycles. The smallest absolute Gasteiger partial charge is 0.331 e. The predicted molar refractivity (Wildman–Crippen MR) is 136 cm³/mol. The number of hydrogen-bond donors (Lipinski definition) is 1. The average Bonchev–Trinajstić information content (AvgIpc) is 2.90. The molecule has 1 aliphatic heterocycles. The summed E-state index contributed by atoms with van der Waals surface area (Å²) in [6.07, 6.45) is 5.46. The molecule has 1 unspecified atom stereocenters. The normalized spacial score (nSPS) is 19.5. The molecule has 2 aromatic carbocycles. The molecule has 184 valence electrons. The predicted octanol–water partition coefficient (Wildman–Crippen LogP) is 5.24. The van der Waals surface area contributed by atoms with E-state index in [0.29, 0.717) is 17.9 Å². The van der Waals surface area contributed by atoms with Crippen LogP contribution in [0.2, 0.25) is 0 Å². The lowest BCUT2D eigenvalue weighted by Crippen LogP contribution is -2.37. The molecule has 0 amide bonds. The first kappa shape index (κ1) is 25.6. The maximum absolute atomic E-state index is 13.8. The minimum Gasteiger partial charge on any atom is -0.478 e. The van der Waals surface area contributed by atoms with Gasteiger partial charge in [-0.3, -0.25) is 0 Å². The Bertz CT molecular complexity index is 1150. The second-order valence-corrected chi connectivity index (χ2v) is 11.0. The van der Waals surface area contributed by atoms with Crippen molar-refractivity contribution in [1.82, 2.24) is 0 Å². The van der Waals surface area contributed by atoms with E-state index >= 15 is 0 Å². The first-order valence-electron chi connectivity index (χ1n) is 11.6. The highest BCUT2D eigenvalue weighted by atomic mass is 32.2. The quantitative estimate of drug-likeness (QED) is 0.383. The molecule has 0 spiro atoms. The number of sulfone groups is 1. The number of ether oxygens (including phenoxy) is 1. The van der Waals surface area contributed by atoms with Crippen LogP contribution in [0.4, 0.5) is 17.1 Å². The Balaban J connectivity index is 2.26. The van der Waals surface area contributed by atoms with Gasteiger partial charge < -0.3 is 19.6 Å². The number of unbranched alkanes of at least 4 members (excludes halogenated alkanes) is 1. The fourth-order valence-electron chi connectivity index (χ4n) is 4.49. The Morgan fingerprint density at radius 2 is 1.91 bits per heavy atom. The number of benzene rings is 2. The van der Waals surface area contributed by atoms with Gasteiger partial charge in [0, 0.05) is 37.8 Å². The summed E-state index contributed by atoms with van der Waals surface area (Å²) >= 11 is 0. The average molecular weight is 487 g/mol. The van der Waals surface area contributed by atoms with Gasteiger partial charge in [0.1, 0.15) is 0 Å². The lowest BCUT2D eigenvalue weighted by molar-refractivity contribution is -0.131. The van der Waals surface area contributed by atoms with Crippen molar-refractivity contribution in [3.8, 4) is 5.75 Å². The minimum absolute atomic E-state index is 0.0541. The number of rotatable bonds is 9. The molecule has 1 aliphatic rings. The third kappa shape index (κ3) is 5.55. The Morgan fingerprint density at radius 3 is 2.50 bits per heavy atom. The van der Waals surface area contributed by atoms with Crippen molar-refractivity contribution in [3.63, 3.8) is 0 Å². The fraction of sp³-hybridized carbons (Fsp3) is 0.423. The van der Waals surface area contributed by atoms with Crippen molar-refractivity contribution in [1.29, 1.82) is 0 Å². The highest BCUT2D eigenvalue weighted by Crippen LogP contribution is 2.47. The van der Waals surface area contributed by atoms with Crippen LogP contribution >= 0.6 is 0 Å². The van der Waals surface area contributed by atoms with Crippen LogP contribution in [0.3, 0.4) is 0 Å². The molecule has 0 bridgehead atoms. The number of hydrogen-bond acceptors (Lipinski definition) is 6. The molecule has 2 aromatic rings. The van der Waals surface area contributed by atoms with Crippen LogP contribution in [0.1, 0.15) is 39.5 Å². The van der Waals surface area contributed by atoms with Crippen LogP contribution in [-0.4, -0.2) is 45.9 Å². The van der Waals surface area contributed by atoms with Gasteiger partial charge in [0.25, 0.3) is 0 Å². The molecule has 3 rings (SSSR count). The summed E-state index contributed by atoms with van der Waals surface area (Å²) in [7, 11) is 0.0204. The van der Waals surface area contributed by atoms with Crippen molar-refractivity contribution in [3.05, 3.63) is 54.8 Å². The molecule has 0 fully saturated rings. The second kappa shape index (κ2) is 10.5. The zero-order chi connectivity index (χ0) is 24.9. The second-order valence-electron chi connectivity index (χ2n) is 9.08. The van der Waals surface area contributed by atoms with E-state index in [9.17, 15) is 13.2 Å². The molecule has 8 heteroatoms. The van der Waals surface area contributed by atoms with E-state index in [1.807, 2.05) is 55.4 Å². The lowest BCUT2D eigenvalue weighted by atomic mass is 9.81. The van der Waals surface area contributed by atoms with Crippen LogP contribution in [0.15, 0.2) is 59.7 Å². The number of aliphatic carboxylic acids is 1. The van der Waals surface area contributed by atoms with Gasteiger partial charge in [-0.25, -0.2) is 13.2 Å². The minimum atomic E-state index is -3.66. The Hall–Kier alpha value is -3.00. The van der Waals surface area contributed by atoms with Crippen molar-refractivity contribution in [2.45, 2.75) is 44.4 Å². The van der Waals surface area contributed by atoms with Gasteiger partial charge in [0.05, 0.1) is 34.4 Å². The molecule has 1 atom stereocenters. The Morgan fingerprint density at radius 1 is 1.21 bits per heavy atom. The SMILES string of the molecule is CCCCC1(CC)CN(c2ccccc2)c2cc(N(C)C)c(O/C=C/C(=O)O)cc2S(=O)(=O)C1. The van der Waals surface area contributed by atoms with Gasteiger partial charge in [-0.05, 0) is 31.0 Å². The highest BCUT2D eigenvalue weighted by Gasteiger charge is 2.42. The summed E-state index contributed by atoms with van der Waals surface area (Å²) < 4.78 is 33.2. The Kier molecular flexibility index (Phi) is 7.92. The molecule has 1 heterocycles. The molecular weight excluding hydrogens is 452 g/mol. The lowest BCUT2D eigenvalue weighted by Gasteiger charge is -2.36. The number of fused-ring (bicyclic) bond motifs is 1. The zero-order valence-electron chi connectivity index (χ0n) is 20.3. The van der Waals surface area contributed by atoms with E-state index in [4.69, 9.17) is 9.84 Å². The molecule has 0 radical (unpaired) electrons. The van der Waals surface area contributed by atoms with Crippen LogP contribution < -0.4 is 14.5 Å². The first-order valence-corrected chi connectivity index (χ1v) is 13.2. The van der Waals surface area contributed by atoms with Crippen LogP contribution in [0.25, 0.3) is 0 Å². The van der Waals surface area contributed by atoms with E-state index in [2.05, 4.69) is 18.7 Å². The topological polar surface area (TPSA) is 87.2 Å². The standard InChI is InChI=1S/C26H34N2O5S/c1-5-7-14-26(6-2)18-28(20-11-9-8-10-12-20)22-16-21(27(3)4)23(33-15-13-25(29)30)17-24(22)34(31,32)19-26/h8-13,15-17H,5-7,14,18-19H2,1-4H3,(H,29,30)/b15-13+. The van der Waals surface area contributed by atoms with Gasteiger partial charge in [-0.15, -0.1) is 0 Å². The summed E-state index contributed by atoms with van der Waals surface area (Å²) in [6, 6.07) is 13.2. The van der Waals surface area contributed by atoms with Crippen molar-refractivity contribution in [2.24, 2.45) is 5.41 Å². The summed E-state index contributed by atoms with van der Waals surface area (Å²) in [4.78, 5) is 15.0. The maximum Gasteiger partial charge on any atom is 0.331 e. The summed E-state index contributed by atoms with van der Waals surface area (Å²) in [5.74, 6) is -0.804. The number of anilines is 3. The van der Waals surface area contributed by atoms with E-state index in [1.165, 1.54) is 6.07 Å². The van der Waals surface area contributed by atoms with Gasteiger partial charge in [-0.1, -0.05) is 44.9 Å². The van der Waals surface area contributed by atoms with Crippen molar-refractivity contribution < 1.29 is 23.1 Å². The van der Waals surface area contributed by atoms with Gasteiger partial charge >= 0.3 is 5.97 Å². The summed E-state index contributed by atoms with van der Waals surface area (Å²) in [6.45, 7) is 4.78. The maximum atomic E-state index is 13.8. The highest BCUT2D eigenvalue weighted by molar-refractivity contribution is 7.91. The van der Waals surface area contributed by atoms with E-state index in [0.717, 1.165) is 43.7 Å². The number of para-hydroxylation sites is 1. The van der Waals surface area contributed by atoms with Gasteiger partial charge in [-0.2, -0.15) is 0 Å². The molecule has 0 saturated carbocycles. The largest absolute Gasteiger partial charge is 0.478 e. The van der Waals surface area contributed by atoms with Gasteiger partial charge in [0.15, 0.2) is 15.6 Å². The monoisotopic (exact) mass is 486 g/mol. The van der Waals surface area contributed by atoms with Crippen LogP contribution in [0.5, 0.6) is 5.75 Å². The summed E-state index contributed by atoms with van der Waals surface area (Å²) in [5.41, 5.74) is 1.80. The van der Waals surface area contributed by atoms with Crippen molar-refractivity contribution in [2.75, 3.05) is 36.2 Å². The number of nitrogens with zero attached hydrogens (tertiary/aromatic N) is 2. The zero-order valence-corrected chi connectivity index (χ0v) is 21.1. The van der Waals surface area contributed by atoms with E-state index < -0.39 is 21.2 Å². The summed E-state index contributed by atoms with van der Waals surface area (Å²) in [5, 5.41) is 8.92. The number of carboxylic acids is 1. The molecule has 0 aromatic heterocycles. The molecular formula is C26H34N2O5S. The van der Waals surface area contributed by atoms with E-state index in [-0.39, 0.29) is 16.4 Å². The molecule has 0 saturated heterocycles.